The number of nitrogens with one attached hydrogen (secondary N) is 1. The van der Waals surface area contributed by atoms with E-state index in [-0.39, 0.29) is 5.91 Å². The smallest absolute Gasteiger partial charge is 0.256 e. The predicted octanol–water partition coefficient (Wildman–Crippen LogP) is 3.32. The zero-order valence-electron chi connectivity index (χ0n) is 13.9. The van der Waals surface area contributed by atoms with Crippen molar-refractivity contribution in [1.82, 2.24) is 4.98 Å². The lowest BCUT2D eigenvalue weighted by Gasteiger charge is -2.37. The molecule has 2 rings (SSSR count). The van der Waals surface area contributed by atoms with Crippen molar-refractivity contribution in [2.24, 2.45) is 5.92 Å². The maximum atomic E-state index is 12.7. The van der Waals surface area contributed by atoms with E-state index in [0.29, 0.717) is 24.1 Å². The molecule has 1 fully saturated rings. The van der Waals surface area contributed by atoms with Crippen LogP contribution in [0.25, 0.3) is 0 Å². The molecule has 0 aromatic carbocycles. The summed E-state index contributed by atoms with van der Waals surface area (Å²) in [5.74, 6) is 1.00. The summed E-state index contributed by atoms with van der Waals surface area (Å²) >= 11 is 0. The fourth-order valence-corrected chi connectivity index (χ4v) is 3.12. The first-order valence-electron chi connectivity index (χ1n) is 7.98. The van der Waals surface area contributed by atoms with Gasteiger partial charge in [-0.15, -0.1) is 0 Å². The second-order valence-corrected chi connectivity index (χ2v) is 6.07. The van der Waals surface area contributed by atoms with Crippen molar-refractivity contribution < 1.29 is 14.3 Å². The van der Waals surface area contributed by atoms with Gasteiger partial charge in [-0.1, -0.05) is 13.3 Å². The number of aryl methyl sites for hydroxylation is 1. The van der Waals surface area contributed by atoms with Crippen LogP contribution < -0.4 is 10.1 Å². The number of nitrogens with zero attached hydrogens (tertiary/aromatic N) is 1. The Morgan fingerprint density at radius 2 is 2.27 bits per heavy atom. The molecule has 1 heterocycles. The van der Waals surface area contributed by atoms with E-state index in [9.17, 15) is 4.79 Å². The summed E-state index contributed by atoms with van der Waals surface area (Å²) in [5, 5.41) is 2.98. The number of hydrogen-bond donors (Lipinski definition) is 1. The Bertz CT molecular complexity index is 533. The van der Waals surface area contributed by atoms with Crippen LogP contribution in [0.1, 0.15) is 45.2 Å². The molecule has 0 aliphatic heterocycles. The van der Waals surface area contributed by atoms with Crippen LogP contribution in [0.15, 0.2) is 12.1 Å². The largest absolute Gasteiger partial charge is 0.478 e. The molecule has 2 unspecified atom stereocenters. The number of carbonyl (C=O) groups excluding carboxylic acids is 1. The molecule has 1 saturated carbocycles. The molecule has 0 bridgehead atoms. The van der Waals surface area contributed by atoms with Gasteiger partial charge in [-0.05, 0) is 45.1 Å². The van der Waals surface area contributed by atoms with Gasteiger partial charge in [0.25, 0.3) is 5.91 Å². The van der Waals surface area contributed by atoms with Gasteiger partial charge in [0.1, 0.15) is 5.60 Å². The quantitative estimate of drug-likeness (QED) is 0.906. The summed E-state index contributed by atoms with van der Waals surface area (Å²) in [6, 6.07) is 3.61. The van der Waals surface area contributed by atoms with Crippen LogP contribution in [0.3, 0.4) is 0 Å². The Morgan fingerprint density at radius 1 is 1.50 bits per heavy atom. The lowest BCUT2D eigenvalue weighted by molar-refractivity contribution is -0.143. The van der Waals surface area contributed by atoms with Gasteiger partial charge in [0.15, 0.2) is 0 Å². The van der Waals surface area contributed by atoms with Crippen LogP contribution in [-0.4, -0.2) is 30.2 Å². The SMILES string of the molecule is CCOc1ccc(NC(=O)C2(OC)CCCC(C)C2)c(C)n1. The average molecular weight is 306 g/mol. The monoisotopic (exact) mass is 306 g/mol. The number of pyridine rings is 1. The van der Waals surface area contributed by atoms with Crippen LogP contribution in [0, 0.1) is 12.8 Å². The Kier molecular flexibility index (Phi) is 5.40. The minimum Gasteiger partial charge on any atom is -0.478 e. The summed E-state index contributed by atoms with van der Waals surface area (Å²) < 4.78 is 11.0. The number of aromatic nitrogens is 1. The molecule has 5 nitrogen and oxygen atoms in total. The topological polar surface area (TPSA) is 60.5 Å². The van der Waals surface area contributed by atoms with Crippen LogP contribution in [-0.2, 0) is 9.53 Å². The third-order valence-corrected chi connectivity index (χ3v) is 4.36. The first-order valence-corrected chi connectivity index (χ1v) is 7.98. The summed E-state index contributed by atoms with van der Waals surface area (Å²) in [6.07, 6.45) is 3.70. The molecule has 2 atom stereocenters. The summed E-state index contributed by atoms with van der Waals surface area (Å²) in [7, 11) is 1.63. The van der Waals surface area contributed by atoms with E-state index >= 15 is 0 Å². The molecule has 5 heteroatoms. The van der Waals surface area contributed by atoms with Gasteiger partial charge in [-0.25, -0.2) is 4.98 Å². The van der Waals surface area contributed by atoms with E-state index in [1.165, 1.54) is 0 Å². The fourth-order valence-electron chi connectivity index (χ4n) is 3.12. The van der Waals surface area contributed by atoms with Crippen molar-refractivity contribution >= 4 is 11.6 Å². The minimum absolute atomic E-state index is 0.0735. The normalized spacial score (nSPS) is 24.8. The van der Waals surface area contributed by atoms with E-state index < -0.39 is 5.60 Å². The van der Waals surface area contributed by atoms with Gasteiger partial charge < -0.3 is 14.8 Å². The molecule has 0 radical (unpaired) electrons. The zero-order valence-corrected chi connectivity index (χ0v) is 13.9. The Hall–Kier alpha value is -1.62. The highest BCUT2D eigenvalue weighted by atomic mass is 16.5. The van der Waals surface area contributed by atoms with E-state index in [0.717, 1.165) is 31.4 Å². The van der Waals surface area contributed by atoms with Crippen LogP contribution in [0.5, 0.6) is 5.88 Å². The molecule has 1 aromatic heterocycles. The van der Waals surface area contributed by atoms with Crippen LogP contribution in [0.2, 0.25) is 0 Å². The maximum Gasteiger partial charge on any atom is 0.256 e. The number of hydrogen-bond acceptors (Lipinski definition) is 4. The van der Waals surface area contributed by atoms with Crippen molar-refractivity contribution in [2.45, 2.75) is 52.1 Å². The van der Waals surface area contributed by atoms with Crippen LogP contribution in [0.4, 0.5) is 5.69 Å². The van der Waals surface area contributed by atoms with Crippen molar-refractivity contribution in [2.75, 3.05) is 19.0 Å². The van der Waals surface area contributed by atoms with Gasteiger partial charge in [-0.3, -0.25) is 4.79 Å². The van der Waals surface area contributed by atoms with E-state index in [2.05, 4.69) is 17.2 Å². The second kappa shape index (κ2) is 7.09. The van der Waals surface area contributed by atoms with Crippen molar-refractivity contribution in [1.29, 1.82) is 0 Å². The van der Waals surface area contributed by atoms with E-state index in [1.807, 2.05) is 19.9 Å². The number of carbonyl (C=O) groups is 1. The third-order valence-electron chi connectivity index (χ3n) is 4.36. The fraction of sp³-hybridized carbons (Fsp3) is 0.647. The highest BCUT2D eigenvalue weighted by molar-refractivity contribution is 5.97. The number of amides is 1. The van der Waals surface area contributed by atoms with Crippen molar-refractivity contribution in [3.05, 3.63) is 17.8 Å². The molecule has 22 heavy (non-hydrogen) atoms. The highest BCUT2D eigenvalue weighted by Gasteiger charge is 2.42. The van der Waals surface area contributed by atoms with Crippen LogP contribution >= 0.6 is 0 Å². The highest BCUT2D eigenvalue weighted by Crippen LogP contribution is 2.36. The molecule has 1 aliphatic rings. The summed E-state index contributed by atoms with van der Waals surface area (Å²) in [4.78, 5) is 17.1. The maximum absolute atomic E-state index is 12.7. The van der Waals surface area contributed by atoms with Crippen molar-refractivity contribution in [3.63, 3.8) is 0 Å². The minimum atomic E-state index is -0.720. The first-order chi connectivity index (χ1) is 10.5. The second-order valence-electron chi connectivity index (χ2n) is 6.07. The molecular formula is C17H26N2O3. The lowest BCUT2D eigenvalue weighted by Crippen LogP contribution is -2.48. The molecule has 1 aliphatic carbocycles. The predicted molar refractivity (Wildman–Crippen MR) is 86.1 cm³/mol. The lowest BCUT2D eigenvalue weighted by atomic mass is 9.78. The van der Waals surface area contributed by atoms with Gasteiger partial charge >= 0.3 is 0 Å². The molecular weight excluding hydrogens is 280 g/mol. The molecule has 0 spiro atoms. The first kappa shape index (κ1) is 16.7. The number of methoxy groups -OCH3 is 1. The molecule has 122 valence electrons. The average Bonchev–Trinajstić information content (AvgIpc) is 2.50. The van der Waals surface area contributed by atoms with Crippen molar-refractivity contribution in [3.8, 4) is 5.88 Å². The Labute approximate surface area is 132 Å². The Morgan fingerprint density at radius 3 is 2.86 bits per heavy atom. The van der Waals surface area contributed by atoms with E-state index in [1.54, 1.807) is 13.2 Å². The van der Waals surface area contributed by atoms with Gasteiger partial charge in [0, 0.05) is 13.2 Å². The number of anilines is 1. The zero-order chi connectivity index (χ0) is 16.2. The number of rotatable bonds is 5. The van der Waals surface area contributed by atoms with Gasteiger partial charge in [0.2, 0.25) is 5.88 Å². The van der Waals surface area contributed by atoms with Gasteiger partial charge in [0.05, 0.1) is 18.0 Å². The molecule has 1 aromatic rings. The molecule has 1 amide bonds. The molecule has 1 N–H and O–H groups in total. The molecule has 0 saturated heterocycles. The third kappa shape index (κ3) is 3.58. The standard InChI is InChI=1S/C17H26N2O3/c1-5-22-15-9-8-14(13(3)18-15)19-16(20)17(21-4)10-6-7-12(2)11-17/h8-9,12H,5-7,10-11H2,1-4H3,(H,19,20). The Balaban J connectivity index is 2.13. The van der Waals surface area contributed by atoms with E-state index in [4.69, 9.17) is 9.47 Å². The number of ether oxygens (including phenoxy) is 2. The summed E-state index contributed by atoms with van der Waals surface area (Å²) in [5.41, 5.74) is 0.736. The summed E-state index contributed by atoms with van der Waals surface area (Å²) in [6.45, 7) is 6.52. The van der Waals surface area contributed by atoms with Gasteiger partial charge in [-0.2, -0.15) is 0 Å².